The minimum absolute atomic E-state index is 0.264. The van der Waals surface area contributed by atoms with Crippen LogP contribution in [0.15, 0.2) is 54.6 Å². The van der Waals surface area contributed by atoms with Crippen molar-refractivity contribution in [3.63, 3.8) is 0 Å². The number of hydrogen-bond acceptors (Lipinski definition) is 6. The maximum absolute atomic E-state index is 12.3. The first kappa shape index (κ1) is 20.1. The zero-order valence-electron chi connectivity index (χ0n) is 16.7. The molecule has 1 amide bonds. The Morgan fingerprint density at radius 2 is 1.69 bits per heavy atom. The van der Waals surface area contributed by atoms with Gasteiger partial charge in [-0.2, -0.15) is 0 Å². The van der Waals surface area contributed by atoms with E-state index in [0.29, 0.717) is 30.3 Å². The largest absolute Gasteiger partial charge is 0.493 e. The number of aryl methyl sites for hydroxylation is 1. The summed E-state index contributed by atoms with van der Waals surface area (Å²) >= 11 is 0. The van der Waals surface area contributed by atoms with Crippen molar-refractivity contribution in [3.05, 3.63) is 71.4 Å². The molecular formula is C22H24N4O3. The second-order valence-corrected chi connectivity index (χ2v) is 6.49. The van der Waals surface area contributed by atoms with E-state index in [0.717, 1.165) is 11.3 Å². The van der Waals surface area contributed by atoms with E-state index in [9.17, 15) is 4.79 Å². The number of rotatable bonds is 8. The quantitative estimate of drug-likeness (QED) is 0.610. The highest BCUT2D eigenvalue weighted by atomic mass is 16.5. The summed E-state index contributed by atoms with van der Waals surface area (Å²) in [5.74, 6) is 1.66. The number of carbonyl (C=O) groups is 1. The van der Waals surface area contributed by atoms with Gasteiger partial charge in [0.2, 0.25) is 0 Å². The van der Waals surface area contributed by atoms with Crippen LogP contribution < -0.4 is 20.1 Å². The zero-order valence-corrected chi connectivity index (χ0v) is 16.7. The van der Waals surface area contributed by atoms with Crippen molar-refractivity contribution >= 4 is 17.4 Å². The molecule has 0 aliphatic rings. The Morgan fingerprint density at radius 3 is 2.34 bits per heavy atom. The second kappa shape index (κ2) is 9.54. The lowest BCUT2D eigenvalue weighted by Gasteiger charge is -2.10. The van der Waals surface area contributed by atoms with Gasteiger partial charge in [-0.15, -0.1) is 10.2 Å². The highest BCUT2D eigenvalue weighted by Crippen LogP contribution is 2.27. The summed E-state index contributed by atoms with van der Waals surface area (Å²) in [6.07, 6.45) is 0.659. The summed E-state index contributed by atoms with van der Waals surface area (Å²) in [6, 6.07) is 17.0. The van der Waals surface area contributed by atoms with Crippen LogP contribution >= 0.6 is 0 Å². The summed E-state index contributed by atoms with van der Waals surface area (Å²) < 4.78 is 10.5. The Labute approximate surface area is 170 Å². The molecular weight excluding hydrogens is 368 g/mol. The fourth-order valence-corrected chi connectivity index (χ4v) is 2.75. The molecule has 7 nitrogen and oxygen atoms in total. The molecule has 3 rings (SSSR count). The molecule has 0 spiro atoms. The molecule has 0 unspecified atom stereocenters. The van der Waals surface area contributed by atoms with Crippen molar-refractivity contribution in [2.75, 3.05) is 26.1 Å². The molecule has 1 aromatic heterocycles. The molecule has 0 atom stereocenters. The molecule has 0 saturated heterocycles. The van der Waals surface area contributed by atoms with Gasteiger partial charge in [0.1, 0.15) is 0 Å². The third kappa shape index (κ3) is 5.44. The van der Waals surface area contributed by atoms with Crippen LogP contribution in [0.3, 0.4) is 0 Å². The standard InChI is InChI=1S/C22H24N4O3/c1-15-4-7-17(8-5-15)24-21-11-9-18(25-26-21)22(27)23-13-12-16-6-10-19(28-2)20(14-16)29-3/h4-11,14H,12-13H2,1-3H3,(H,23,27)(H,24,26). The van der Waals surface area contributed by atoms with Gasteiger partial charge in [-0.1, -0.05) is 23.8 Å². The topological polar surface area (TPSA) is 85.4 Å². The summed E-state index contributed by atoms with van der Waals surface area (Å²) in [5.41, 5.74) is 3.40. The number of hydrogen-bond donors (Lipinski definition) is 2. The van der Waals surface area contributed by atoms with Crippen molar-refractivity contribution in [1.82, 2.24) is 15.5 Å². The maximum atomic E-state index is 12.3. The number of benzene rings is 2. The average molecular weight is 392 g/mol. The monoisotopic (exact) mass is 392 g/mol. The molecule has 0 radical (unpaired) electrons. The number of carbonyl (C=O) groups excluding carboxylic acids is 1. The maximum Gasteiger partial charge on any atom is 0.271 e. The fraction of sp³-hybridized carbons (Fsp3) is 0.227. The third-order valence-corrected chi connectivity index (χ3v) is 4.37. The summed E-state index contributed by atoms with van der Waals surface area (Å²) in [4.78, 5) is 12.3. The van der Waals surface area contributed by atoms with E-state index in [2.05, 4.69) is 20.8 Å². The smallest absolute Gasteiger partial charge is 0.271 e. The lowest BCUT2D eigenvalue weighted by molar-refractivity contribution is 0.0948. The molecule has 150 valence electrons. The molecule has 0 bridgehead atoms. The van der Waals surface area contributed by atoms with E-state index in [1.807, 2.05) is 49.4 Å². The van der Waals surface area contributed by atoms with Gasteiger partial charge in [-0.05, 0) is 55.3 Å². The second-order valence-electron chi connectivity index (χ2n) is 6.49. The highest BCUT2D eigenvalue weighted by molar-refractivity contribution is 5.92. The van der Waals surface area contributed by atoms with Crippen LogP contribution in [-0.4, -0.2) is 36.9 Å². The van der Waals surface area contributed by atoms with Crippen LogP contribution in [0.4, 0.5) is 11.5 Å². The van der Waals surface area contributed by atoms with Gasteiger partial charge in [0.05, 0.1) is 14.2 Å². The predicted octanol–water partition coefficient (Wildman–Crippen LogP) is 3.52. The van der Waals surface area contributed by atoms with Crippen LogP contribution in [0.5, 0.6) is 11.5 Å². The first-order valence-electron chi connectivity index (χ1n) is 9.25. The van der Waals surface area contributed by atoms with Crippen molar-refractivity contribution in [1.29, 1.82) is 0 Å². The molecule has 2 aromatic carbocycles. The minimum Gasteiger partial charge on any atom is -0.493 e. The van der Waals surface area contributed by atoms with Crippen LogP contribution in [0, 0.1) is 6.92 Å². The van der Waals surface area contributed by atoms with Crippen LogP contribution in [0.25, 0.3) is 0 Å². The zero-order chi connectivity index (χ0) is 20.6. The van der Waals surface area contributed by atoms with Crippen LogP contribution in [0.1, 0.15) is 21.6 Å². The number of nitrogens with one attached hydrogen (secondary N) is 2. The van der Waals surface area contributed by atoms with Gasteiger partial charge in [0, 0.05) is 12.2 Å². The molecule has 2 N–H and O–H groups in total. The highest BCUT2D eigenvalue weighted by Gasteiger charge is 2.09. The van der Waals surface area contributed by atoms with Gasteiger partial charge in [-0.25, -0.2) is 0 Å². The SMILES string of the molecule is COc1ccc(CCNC(=O)c2ccc(Nc3ccc(C)cc3)nn2)cc1OC. The van der Waals surface area contributed by atoms with Crippen LogP contribution in [-0.2, 0) is 6.42 Å². The molecule has 3 aromatic rings. The van der Waals surface area contributed by atoms with Gasteiger partial charge in [0.25, 0.3) is 5.91 Å². The Balaban J connectivity index is 1.52. The van der Waals surface area contributed by atoms with Gasteiger partial charge in [-0.3, -0.25) is 4.79 Å². The van der Waals surface area contributed by atoms with Crippen LogP contribution in [0.2, 0.25) is 0 Å². The first-order valence-corrected chi connectivity index (χ1v) is 9.25. The van der Waals surface area contributed by atoms with E-state index in [-0.39, 0.29) is 11.6 Å². The lowest BCUT2D eigenvalue weighted by atomic mass is 10.1. The fourth-order valence-electron chi connectivity index (χ4n) is 2.75. The number of aromatic nitrogens is 2. The molecule has 0 aliphatic carbocycles. The number of amides is 1. The van der Waals surface area contributed by atoms with E-state index < -0.39 is 0 Å². The number of anilines is 2. The Hall–Kier alpha value is -3.61. The Kier molecular flexibility index (Phi) is 6.63. The molecule has 0 fully saturated rings. The Morgan fingerprint density at radius 1 is 0.931 bits per heavy atom. The van der Waals surface area contributed by atoms with Gasteiger partial charge in [0.15, 0.2) is 23.0 Å². The van der Waals surface area contributed by atoms with Crippen molar-refractivity contribution in [2.45, 2.75) is 13.3 Å². The van der Waals surface area contributed by atoms with Crippen molar-refractivity contribution in [3.8, 4) is 11.5 Å². The molecule has 0 aliphatic heterocycles. The normalized spacial score (nSPS) is 10.3. The third-order valence-electron chi connectivity index (χ3n) is 4.37. The van der Waals surface area contributed by atoms with E-state index in [1.54, 1.807) is 26.4 Å². The van der Waals surface area contributed by atoms with Gasteiger partial charge >= 0.3 is 0 Å². The summed E-state index contributed by atoms with van der Waals surface area (Å²) in [5, 5.41) is 14.1. The molecule has 0 saturated carbocycles. The van der Waals surface area contributed by atoms with Gasteiger partial charge < -0.3 is 20.1 Å². The predicted molar refractivity (Wildman–Crippen MR) is 112 cm³/mol. The first-order chi connectivity index (χ1) is 14.1. The van der Waals surface area contributed by atoms with Crippen molar-refractivity contribution < 1.29 is 14.3 Å². The average Bonchev–Trinajstić information content (AvgIpc) is 2.75. The number of methoxy groups -OCH3 is 2. The lowest BCUT2D eigenvalue weighted by Crippen LogP contribution is -2.26. The molecule has 29 heavy (non-hydrogen) atoms. The van der Waals surface area contributed by atoms with E-state index in [1.165, 1.54) is 5.56 Å². The number of nitrogens with zero attached hydrogens (tertiary/aromatic N) is 2. The molecule has 7 heteroatoms. The van der Waals surface area contributed by atoms with E-state index in [4.69, 9.17) is 9.47 Å². The summed E-state index contributed by atoms with van der Waals surface area (Å²) in [6.45, 7) is 2.50. The minimum atomic E-state index is -0.264. The molecule has 1 heterocycles. The number of ether oxygens (including phenoxy) is 2. The van der Waals surface area contributed by atoms with Crippen molar-refractivity contribution in [2.24, 2.45) is 0 Å². The van der Waals surface area contributed by atoms with E-state index >= 15 is 0 Å². The Bertz CT molecular complexity index is 957. The summed E-state index contributed by atoms with van der Waals surface area (Å²) in [7, 11) is 3.19.